The summed E-state index contributed by atoms with van der Waals surface area (Å²) in [6.07, 6.45) is -2.13. The molecular formula is C17H31NO7S. The molecule has 4 heterocycles. The van der Waals surface area contributed by atoms with E-state index in [2.05, 4.69) is 4.90 Å². The molecule has 0 aromatic rings. The van der Waals surface area contributed by atoms with Gasteiger partial charge in [0.05, 0.1) is 30.5 Å². The molecule has 8 nitrogen and oxygen atoms in total. The number of ether oxygens (including phenoxy) is 2. The molecule has 0 saturated carbocycles. The predicted molar refractivity (Wildman–Crippen MR) is 95.8 cm³/mol. The molecule has 8 atom stereocenters. The van der Waals surface area contributed by atoms with E-state index in [1.807, 2.05) is 0 Å². The Morgan fingerprint density at radius 1 is 0.923 bits per heavy atom. The van der Waals surface area contributed by atoms with Crippen LogP contribution in [0.5, 0.6) is 0 Å². The lowest BCUT2D eigenvalue weighted by atomic mass is 9.98. The largest absolute Gasteiger partial charge is 0.393 e. The highest BCUT2D eigenvalue weighted by atomic mass is 32.2. The summed E-state index contributed by atoms with van der Waals surface area (Å²) in [5.41, 5.74) is 0. The number of fused-ring (bicyclic) bond motifs is 2. The molecular weight excluding hydrogens is 362 g/mol. The van der Waals surface area contributed by atoms with Gasteiger partial charge in [0.25, 0.3) is 0 Å². The average molecular weight is 394 g/mol. The first-order chi connectivity index (χ1) is 12.2. The van der Waals surface area contributed by atoms with Gasteiger partial charge >= 0.3 is 0 Å². The van der Waals surface area contributed by atoms with Crippen LogP contribution in [0, 0.1) is 0 Å². The van der Waals surface area contributed by atoms with Crippen molar-refractivity contribution in [1.82, 2.24) is 4.90 Å². The summed E-state index contributed by atoms with van der Waals surface area (Å²) in [6, 6.07) is -0.0243. The van der Waals surface area contributed by atoms with Crippen LogP contribution in [0.2, 0.25) is 0 Å². The van der Waals surface area contributed by atoms with E-state index in [4.69, 9.17) is 9.47 Å². The van der Waals surface area contributed by atoms with E-state index in [1.54, 1.807) is 13.8 Å². The number of nitrogens with zero attached hydrogens (tertiary/aromatic N) is 1. The minimum Gasteiger partial charge on any atom is -0.393 e. The average Bonchev–Trinajstić information content (AvgIpc) is 3.01. The number of piperidine rings is 1. The predicted octanol–water partition coefficient (Wildman–Crippen LogP) is -1.48. The Balaban J connectivity index is 0.000000152. The second-order valence-electron chi connectivity index (χ2n) is 8.04. The van der Waals surface area contributed by atoms with Crippen LogP contribution in [-0.4, -0.2) is 110 Å². The molecule has 0 unspecified atom stereocenters. The van der Waals surface area contributed by atoms with E-state index < -0.39 is 42.4 Å². The monoisotopic (exact) mass is 393 g/mol. The minimum atomic E-state index is -0.695. The molecule has 0 bridgehead atoms. The smallest absolute Gasteiger partial charge is 0.164 e. The van der Waals surface area contributed by atoms with Gasteiger partial charge in [0.15, 0.2) is 5.79 Å². The molecule has 4 saturated heterocycles. The summed E-state index contributed by atoms with van der Waals surface area (Å²) in [7, 11) is 0. The molecule has 26 heavy (non-hydrogen) atoms. The van der Waals surface area contributed by atoms with E-state index >= 15 is 0 Å². The summed E-state index contributed by atoms with van der Waals surface area (Å²) in [5.74, 6) is 0.495. The highest BCUT2D eigenvalue weighted by molar-refractivity contribution is 7.99. The maximum absolute atomic E-state index is 9.77. The topological polar surface area (TPSA) is 123 Å². The molecule has 0 aromatic carbocycles. The zero-order chi connectivity index (χ0) is 19.1. The van der Waals surface area contributed by atoms with Gasteiger partial charge in [-0.25, -0.2) is 0 Å². The first-order valence-electron chi connectivity index (χ1n) is 9.25. The molecule has 0 aliphatic carbocycles. The van der Waals surface area contributed by atoms with Crippen molar-refractivity contribution in [2.24, 2.45) is 0 Å². The highest BCUT2D eigenvalue weighted by Crippen LogP contribution is 2.35. The van der Waals surface area contributed by atoms with Crippen molar-refractivity contribution in [2.75, 3.05) is 24.6 Å². The van der Waals surface area contributed by atoms with Gasteiger partial charge < -0.3 is 35.0 Å². The van der Waals surface area contributed by atoms with Crippen molar-refractivity contribution in [2.45, 2.75) is 81.2 Å². The van der Waals surface area contributed by atoms with Crippen LogP contribution in [0.1, 0.15) is 26.7 Å². The molecule has 5 N–H and O–H groups in total. The quantitative estimate of drug-likeness (QED) is 0.335. The zero-order valence-corrected chi connectivity index (χ0v) is 16.1. The van der Waals surface area contributed by atoms with E-state index in [1.165, 1.54) is 11.8 Å². The van der Waals surface area contributed by atoms with Gasteiger partial charge in [0.1, 0.15) is 12.2 Å². The van der Waals surface area contributed by atoms with Crippen LogP contribution >= 0.6 is 11.8 Å². The van der Waals surface area contributed by atoms with Crippen LogP contribution < -0.4 is 0 Å². The number of rotatable bonds is 0. The lowest BCUT2D eigenvalue weighted by molar-refractivity contribution is -0.159. The fourth-order valence-corrected chi connectivity index (χ4v) is 5.12. The fraction of sp³-hybridized carbons (Fsp3) is 1.00. The molecule has 0 amide bonds. The third-order valence-corrected chi connectivity index (χ3v) is 6.60. The Morgan fingerprint density at radius 3 is 2.08 bits per heavy atom. The standard InChI is InChI=1S/C9H16O4S.C8H15NO3/c1-9(2)12-7-5(10)3-14-4-6(11)8(7)13-9;10-5-1-2-9-4-7(11)8(12)6(9)3-5/h5-8,10-11H,3-4H2,1-2H3;5-8,10-12H,1-4H2/t5-,6-,7+,8+;5-,6+,7+,8-/m00/s1. The Labute approximate surface area is 158 Å². The third kappa shape index (κ3) is 4.53. The molecule has 4 aliphatic heterocycles. The zero-order valence-electron chi connectivity index (χ0n) is 15.3. The van der Waals surface area contributed by atoms with Gasteiger partial charge in [0, 0.05) is 30.6 Å². The van der Waals surface area contributed by atoms with Gasteiger partial charge in [-0.05, 0) is 26.7 Å². The van der Waals surface area contributed by atoms with Gasteiger partial charge in [-0.3, -0.25) is 4.90 Å². The second kappa shape index (κ2) is 8.18. The van der Waals surface area contributed by atoms with Crippen molar-refractivity contribution < 1.29 is 35.0 Å². The molecule has 0 radical (unpaired) electrons. The maximum atomic E-state index is 9.77. The molecule has 4 fully saturated rings. The van der Waals surface area contributed by atoms with E-state index in [0.717, 1.165) is 13.0 Å². The van der Waals surface area contributed by atoms with Crippen LogP contribution in [-0.2, 0) is 9.47 Å². The number of thioether (sulfide) groups is 1. The van der Waals surface area contributed by atoms with Crippen molar-refractivity contribution in [3.8, 4) is 0 Å². The lowest BCUT2D eigenvalue weighted by Crippen LogP contribution is -2.44. The first kappa shape index (κ1) is 20.8. The van der Waals surface area contributed by atoms with Crippen LogP contribution in [0.15, 0.2) is 0 Å². The Morgan fingerprint density at radius 2 is 1.50 bits per heavy atom. The number of aliphatic hydroxyl groups excluding tert-OH is 5. The summed E-state index contributed by atoms with van der Waals surface area (Å²) in [5, 5.41) is 47.7. The van der Waals surface area contributed by atoms with Crippen LogP contribution in [0.25, 0.3) is 0 Å². The Hall–Kier alpha value is 0.0300. The Bertz CT molecular complexity index is 462. The summed E-state index contributed by atoms with van der Waals surface area (Å²) >= 11 is 1.53. The van der Waals surface area contributed by atoms with E-state index in [0.29, 0.717) is 24.5 Å². The Kier molecular flexibility index (Phi) is 6.53. The molecule has 0 aromatic heterocycles. The fourth-order valence-electron chi connectivity index (χ4n) is 4.12. The normalized spacial score (nSPS) is 48.1. The van der Waals surface area contributed by atoms with Crippen molar-refractivity contribution in [3.05, 3.63) is 0 Å². The SMILES string of the molecule is CC1(C)O[C@H]2[C@H](O1)[C@@H](O)CSC[C@@H]2O.O[C@H]1CCN2C[C@@H](O)[C@@H](O)[C@H]2C1. The lowest BCUT2D eigenvalue weighted by Gasteiger charge is -2.33. The molecule has 152 valence electrons. The van der Waals surface area contributed by atoms with Gasteiger partial charge in [-0.15, -0.1) is 0 Å². The molecule has 4 aliphatic rings. The van der Waals surface area contributed by atoms with Crippen molar-refractivity contribution in [3.63, 3.8) is 0 Å². The van der Waals surface area contributed by atoms with Crippen LogP contribution in [0.3, 0.4) is 0 Å². The highest BCUT2D eigenvalue weighted by Gasteiger charge is 2.49. The summed E-state index contributed by atoms with van der Waals surface area (Å²) in [4.78, 5) is 2.06. The van der Waals surface area contributed by atoms with E-state index in [-0.39, 0.29) is 12.1 Å². The number of hydrogen-bond donors (Lipinski definition) is 5. The van der Waals surface area contributed by atoms with Gasteiger partial charge in [-0.1, -0.05) is 0 Å². The molecule has 9 heteroatoms. The first-order valence-corrected chi connectivity index (χ1v) is 10.4. The van der Waals surface area contributed by atoms with Gasteiger partial charge in [-0.2, -0.15) is 11.8 Å². The van der Waals surface area contributed by atoms with Crippen molar-refractivity contribution >= 4 is 11.8 Å². The molecule has 0 spiro atoms. The number of hydrogen-bond acceptors (Lipinski definition) is 9. The minimum absolute atomic E-state index is 0.0243. The van der Waals surface area contributed by atoms with Crippen molar-refractivity contribution in [1.29, 1.82) is 0 Å². The second-order valence-corrected chi connectivity index (χ2v) is 9.11. The van der Waals surface area contributed by atoms with E-state index in [9.17, 15) is 25.5 Å². The summed E-state index contributed by atoms with van der Waals surface area (Å²) < 4.78 is 11.1. The maximum Gasteiger partial charge on any atom is 0.164 e. The summed E-state index contributed by atoms with van der Waals surface area (Å²) in [6.45, 7) is 4.95. The van der Waals surface area contributed by atoms with Gasteiger partial charge in [0.2, 0.25) is 0 Å². The number of aliphatic hydroxyl groups is 5. The third-order valence-electron chi connectivity index (χ3n) is 5.44. The molecule has 4 rings (SSSR count). The van der Waals surface area contributed by atoms with Crippen LogP contribution in [0.4, 0.5) is 0 Å².